The molecule has 1 aromatic rings. The molecule has 0 radical (unpaired) electrons. The number of sulfonamides is 1. The number of rotatable bonds is 10. The number of unbranched alkanes of at least 4 members (excludes halogenated alkanes) is 2. The van der Waals surface area contributed by atoms with Crippen molar-refractivity contribution in [2.75, 3.05) is 20.1 Å². The zero-order valence-corrected chi connectivity index (χ0v) is 14.2. The first-order chi connectivity index (χ1) is 10.1. The molecule has 1 N–H and O–H groups in total. The van der Waals surface area contributed by atoms with Gasteiger partial charge in [-0.05, 0) is 37.6 Å². The molecular formula is C16H28N2O2S. The summed E-state index contributed by atoms with van der Waals surface area (Å²) in [7, 11) is -1.49. The maximum absolute atomic E-state index is 12.7. The molecule has 0 aliphatic heterocycles. The van der Waals surface area contributed by atoms with Gasteiger partial charge < -0.3 is 5.32 Å². The molecule has 120 valence electrons. The second-order valence-electron chi connectivity index (χ2n) is 5.29. The van der Waals surface area contributed by atoms with Crippen molar-refractivity contribution in [1.82, 2.24) is 9.62 Å². The van der Waals surface area contributed by atoms with Gasteiger partial charge in [-0.25, -0.2) is 8.42 Å². The van der Waals surface area contributed by atoms with E-state index in [-0.39, 0.29) is 0 Å². The molecule has 0 amide bonds. The Balaban J connectivity index is 2.92. The summed E-state index contributed by atoms with van der Waals surface area (Å²) >= 11 is 0. The topological polar surface area (TPSA) is 49.4 Å². The molecule has 0 aromatic heterocycles. The van der Waals surface area contributed by atoms with E-state index in [1.165, 1.54) is 0 Å². The standard InChI is InChI=1S/C16H28N2O2S/c1-4-6-12-18(13-7-5-2)21(19,20)16-10-8-15(9-11-16)14-17-3/h8-11,17H,4-7,12-14H2,1-3H3. The second kappa shape index (κ2) is 9.18. The van der Waals surface area contributed by atoms with Crippen LogP contribution in [0.15, 0.2) is 29.2 Å². The van der Waals surface area contributed by atoms with Crippen molar-refractivity contribution in [3.05, 3.63) is 29.8 Å². The molecule has 0 bridgehead atoms. The fourth-order valence-corrected chi connectivity index (χ4v) is 3.67. The van der Waals surface area contributed by atoms with Gasteiger partial charge in [0.2, 0.25) is 10.0 Å². The van der Waals surface area contributed by atoms with Crippen molar-refractivity contribution in [2.24, 2.45) is 0 Å². The van der Waals surface area contributed by atoms with Crippen LogP contribution < -0.4 is 5.32 Å². The van der Waals surface area contributed by atoms with Crippen molar-refractivity contribution < 1.29 is 8.42 Å². The fourth-order valence-electron chi connectivity index (χ4n) is 2.15. The van der Waals surface area contributed by atoms with Crippen molar-refractivity contribution in [1.29, 1.82) is 0 Å². The lowest BCUT2D eigenvalue weighted by Crippen LogP contribution is -2.33. The fraction of sp³-hybridized carbons (Fsp3) is 0.625. The third-order valence-corrected chi connectivity index (χ3v) is 5.38. The molecule has 0 spiro atoms. The van der Waals surface area contributed by atoms with Gasteiger partial charge in [-0.15, -0.1) is 0 Å². The van der Waals surface area contributed by atoms with E-state index in [0.717, 1.165) is 37.8 Å². The zero-order chi connectivity index (χ0) is 15.7. The minimum absolute atomic E-state index is 0.398. The molecule has 0 fully saturated rings. The first-order valence-corrected chi connectivity index (χ1v) is 9.24. The number of benzene rings is 1. The Labute approximate surface area is 129 Å². The SMILES string of the molecule is CCCCN(CCCC)S(=O)(=O)c1ccc(CNC)cc1. The Bertz CT molecular complexity index is 490. The monoisotopic (exact) mass is 312 g/mol. The molecule has 0 saturated carbocycles. The lowest BCUT2D eigenvalue weighted by Gasteiger charge is -2.22. The number of nitrogens with one attached hydrogen (secondary N) is 1. The van der Waals surface area contributed by atoms with E-state index in [9.17, 15) is 8.42 Å². The molecule has 1 aromatic carbocycles. The molecule has 0 heterocycles. The highest BCUT2D eigenvalue weighted by Crippen LogP contribution is 2.18. The van der Waals surface area contributed by atoms with Gasteiger partial charge in [0, 0.05) is 19.6 Å². The van der Waals surface area contributed by atoms with Gasteiger partial charge in [0.05, 0.1) is 4.90 Å². The van der Waals surface area contributed by atoms with E-state index < -0.39 is 10.0 Å². The molecular weight excluding hydrogens is 284 g/mol. The van der Waals surface area contributed by atoms with E-state index >= 15 is 0 Å². The Morgan fingerprint density at radius 3 is 1.95 bits per heavy atom. The molecule has 0 unspecified atom stereocenters. The van der Waals surface area contributed by atoms with E-state index in [2.05, 4.69) is 19.2 Å². The highest BCUT2D eigenvalue weighted by Gasteiger charge is 2.23. The normalized spacial score (nSPS) is 12.0. The van der Waals surface area contributed by atoms with Crippen LogP contribution in [0.1, 0.15) is 45.1 Å². The summed E-state index contributed by atoms with van der Waals surface area (Å²) in [6, 6.07) is 7.18. The van der Waals surface area contributed by atoms with Crippen LogP contribution in [0.5, 0.6) is 0 Å². The van der Waals surface area contributed by atoms with Gasteiger partial charge in [-0.2, -0.15) is 4.31 Å². The molecule has 4 nitrogen and oxygen atoms in total. The van der Waals surface area contributed by atoms with Crippen LogP contribution in [0.2, 0.25) is 0 Å². The van der Waals surface area contributed by atoms with Gasteiger partial charge in [-0.1, -0.05) is 38.8 Å². The van der Waals surface area contributed by atoms with Gasteiger partial charge in [0.1, 0.15) is 0 Å². The molecule has 0 saturated heterocycles. The number of hydrogen-bond donors (Lipinski definition) is 1. The molecule has 0 aliphatic rings. The smallest absolute Gasteiger partial charge is 0.243 e. The summed E-state index contributed by atoms with van der Waals surface area (Å²) in [5.74, 6) is 0. The first kappa shape index (κ1) is 18.1. The van der Waals surface area contributed by atoms with Gasteiger partial charge in [0.15, 0.2) is 0 Å². The summed E-state index contributed by atoms with van der Waals surface area (Å²) in [5.41, 5.74) is 1.09. The van der Waals surface area contributed by atoms with Crippen LogP contribution in [0.4, 0.5) is 0 Å². The van der Waals surface area contributed by atoms with Gasteiger partial charge >= 0.3 is 0 Å². The van der Waals surface area contributed by atoms with Crippen molar-refractivity contribution >= 4 is 10.0 Å². The van der Waals surface area contributed by atoms with Crippen LogP contribution in [0.3, 0.4) is 0 Å². The minimum Gasteiger partial charge on any atom is -0.316 e. The summed E-state index contributed by atoms with van der Waals surface area (Å²) < 4.78 is 27.1. The van der Waals surface area contributed by atoms with Gasteiger partial charge in [-0.3, -0.25) is 0 Å². The van der Waals surface area contributed by atoms with Crippen molar-refractivity contribution in [2.45, 2.75) is 51.0 Å². The maximum atomic E-state index is 12.7. The third kappa shape index (κ3) is 5.41. The summed E-state index contributed by atoms with van der Waals surface area (Å²) in [5, 5.41) is 3.06. The van der Waals surface area contributed by atoms with Crippen molar-refractivity contribution in [3.8, 4) is 0 Å². The highest BCUT2D eigenvalue weighted by molar-refractivity contribution is 7.89. The van der Waals surface area contributed by atoms with Gasteiger partial charge in [0.25, 0.3) is 0 Å². The van der Waals surface area contributed by atoms with E-state index in [1.807, 2.05) is 19.2 Å². The third-order valence-electron chi connectivity index (χ3n) is 3.46. The van der Waals surface area contributed by atoms with E-state index in [0.29, 0.717) is 18.0 Å². The van der Waals surface area contributed by atoms with Crippen LogP contribution in [-0.2, 0) is 16.6 Å². The zero-order valence-electron chi connectivity index (χ0n) is 13.4. The summed E-state index contributed by atoms with van der Waals surface area (Å²) in [4.78, 5) is 0.398. The molecule has 21 heavy (non-hydrogen) atoms. The number of nitrogens with zero attached hydrogens (tertiary/aromatic N) is 1. The van der Waals surface area contributed by atoms with Crippen LogP contribution in [0.25, 0.3) is 0 Å². The maximum Gasteiger partial charge on any atom is 0.243 e. The molecule has 5 heteroatoms. The Morgan fingerprint density at radius 1 is 1.00 bits per heavy atom. The minimum atomic E-state index is -3.36. The van der Waals surface area contributed by atoms with Crippen LogP contribution in [-0.4, -0.2) is 32.9 Å². The number of hydrogen-bond acceptors (Lipinski definition) is 3. The van der Waals surface area contributed by atoms with Crippen molar-refractivity contribution in [3.63, 3.8) is 0 Å². The first-order valence-electron chi connectivity index (χ1n) is 7.80. The Kier molecular flexibility index (Phi) is 7.93. The van der Waals surface area contributed by atoms with Crippen LogP contribution in [0, 0.1) is 0 Å². The molecule has 0 aliphatic carbocycles. The lowest BCUT2D eigenvalue weighted by molar-refractivity contribution is 0.395. The average Bonchev–Trinajstić information content (AvgIpc) is 2.48. The Morgan fingerprint density at radius 2 is 1.52 bits per heavy atom. The Hall–Kier alpha value is -0.910. The summed E-state index contributed by atoms with van der Waals surface area (Å²) in [6.45, 7) is 6.12. The quantitative estimate of drug-likeness (QED) is 0.722. The second-order valence-corrected chi connectivity index (χ2v) is 7.22. The molecule has 0 atom stereocenters. The average molecular weight is 312 g/mol. The largest absolute Gasteiger partial charge is 0.316 e. The highest BCUT2D eigenvalue weighted by atomic mass is 32.2. The van der Waals surface area contributed by atoms with E-state index in [1.54, 1.807) is 16.4 Å². The van der Waals surface area contributed by atoms with E-state index in [4.69, 9.17) is 0 Å². The lowest BCUT2D eigenvalue weighted by atomic mass is 10.2. The summed E-state index contributed by atoms with van der Waals surface area (Å²) in [6.07, 6.45) is 3.81. The van der Waals surface area contributed by atoms with Crippen LogP contribution >= 0.6 is 0 Å². The predicted octanol–water partition coefficient (Wildman–Crippen LogP) is 3.00. The molecule has 1 rings (SSSR count). The predicted molar refractivity (Wildman–Crippen MR) is 87.8 cm³/mol.